The third-order valence-corrected chi connectivity index (χ3v) is 3.13. The van der Waals surface area contributed by atoms with Gasteiger partial charge in [-0.05, 0) is 6.92 Å². The Kier molecular flexibility index (Phi) is 2.93. The van der Waals surface area contributed by atoms with Gasteiger partial charge in [0.05, 0.1) is 18.5 Å². The van der Waals surface area contributed by atoms with Gasteiger partial charge in [0, 0.05) is 0 Å². The number of hydrogen-bond acceptors (Lipinski definition) is 6. The van der Waals surface area contributed by atoms with E-state index < -0.39 is 5.97 Å². The van der Waals surface area contributed by atoms with Crippen LogP contribution in [0.3, 0.4) is 0 Å². The van der Waals surface area contributed by atoms with Crippen molar-refractivity contribution in [1.82, 2.24) is 9.97 Å². The minimum absolute atomic E-state index is 0.243. The molecule has 0 amide bonds. The Bertz CT molecular complexity index is 555. The van der Waals surface area contributed by atoms with E-state index in [1.165, 1.54) is 6.20 Å². The fraction of sp³-hybridized carbons (Fsp3) is 0.222. The Morgan fingerprint density at radius 1 is 1.69 bits per heavy atom. The van der Waals surface area contributed by atoms with Crippen molar-refractivity contribution in [2.24, 2.45) is 0 Å². The summed E-state index contributed by atoms with van der Waals surface area (Å²) in [5, 5.41) is 0.243. The molecule has 0 radical (unpaired) electrons. The van der Waals surface area contributed by atoms with Gasteiger partial charge >= 0.3 is 5.97 Å². The number of aromatic nitrogens is 2. The summed E-state index contributed by atoms with van der Waals surface area (Å²) in [4.78, 5) is 20.5. The number of fused-ring (bicyclic) bond motifs is 1. The molecule has 0 aliphatic rings. The number of nitrogens with two attached hydrogens (primary N) is 1. The minimum Gasteiger partial charge on any atom is -0.462 e. The number of thiophene rings is 1. The molecule has 2 heterocycles. The monoisotopic (exact) mass is 257 g/mol. The van der Waals surface area contributed by atoms with Gasteiger partial charge in [0.25, 0.3) is 0 Å². The summed E-state index contributed by atoms with van der Waals surface area (Å²) >= 11 is 6.85. The highest BCUT2D eigenvalue weighted by molar-refractivity contribution is 7.21. The number of nitrogen functional groups attached to an aromatic ring is 1. The van der Waals surface area contributed by atoms with E-state index in [1.54, 1.807) is 6.92 Å². The molecule has 0 aromatic carbocycles. The molecule has 0 unspecified atom stereocenters. The number of halogens is 1. The Balaban J connectivity index is 2.56. The molecule has 2 aromatic rings. The second-order valence-electron chi connectivity index (χ2n) is 2.91. The van der Waals surface area contributed by atoms with Crippen molar-refractivity contribution >= 4 is 44.9 Å². The van der Waals surface area contributed by atoms with Gasteiger partial charge in [0.15, 0.2) is 0 Å². The summed E-state index contributed by atoms with van der Waals surface area (Å²) in [7, 11) is 0. The topological polar surface area (TPSA) is 78.1 Å². The first-order valence-electron chi connectivity index (χ1n) is 4.51. The summed E-state index contributed by atoms with van der Waals surface area (Å²) in [5.74, 6) is -0.457. The third kappa shape index (κ3) is 1.81. The van der Waals surface area contributed by atoms with E-state index in [9.17, 15) is 4.79 Å². The largest absolute Gasteiger partial charge is 0.462 e. The van der Waals surface area contributed by atoms with Crippen molar-refractivity contribution in [3.05, 3.63) is 16.2 Å². The van der Waals surface area contributed by atoms with E-state index in [0.29, 0.717) is 21.8 Å². The van der Waals surface area contributed by atoms with Crippen LogP contribution in [0.5, 0.6) is 0 Å². The molecule has 0 atom stereocenters. The summed E-state index contributed by atoms with van der Waals surface area (Å²) in [5.41, 5.74) is 6.50. The van der Waals surface area contributed by atoms with E-state index in [2.05, 4.69) is 9.97 Å². The van der Waals surface area contributed by atoms with Crippen LogP contribution in [0.25, 0.3) is 10.3 Å². The maximum atomic E-state index is 11.5. The van der Waals surface area contributed by atoms with Gasteiger partial charge in [-0.2, -0.15) is 0 Å². The number of nitrogens with zero attached hydrogens (tertiary/aromatic N) is 2. The summed E-state index contributed by atoms with van der Waals surface area (Å²) in [6, 6.07) is 0. The zero-order valence-electron chi connectivity index (χ0n) is 8.36. The van der Waals surface area contributed by atoms with Crippen LogP contribution >= 0.6 is 22.9 Å². The van der Waals surface area contributed by atoms with Crippen LogP contribution < -0.4 is 5.73 Å². The first-order valence-corrected chi connectivity index (χ1v) is 5.70. The van der Waals surface area contributed by atoms with Crippen molar-refractivity contribution in [1.29, 1.82) is 0 Å². The summed E-state index contributed by atoms with van der Waals surface area (Å²) in [6.45, 7) is 2.03. The summed E-state index contributed by atoms with van der Waals surface area (Å²) < 4.78 is 4.87. The van der Waals surface area contributed by atoms with E-state index in [1.807, 2.05) is 0 Å². The number of hydrogen-bond donors (Lipinski definition) is 1. The first-order chi connectivity index (χ1) is 7.63. The molecule has 84 valence electrons. The smallest absolute Gasteiger partial charge is 0.350 e. The highest BCUT2D eigenvalue weighted by Crippen LogP contribution is 2.31. The molecular weight excluding hydrogens is 250 g/mol. The van der Waals surface area contributed by atoms with Crippen LogP contribution in [-0.2, 0) is 4.74 Å². The van der Waals surface area contributed by atoms with Gasteiger partial charge in [-0.25, -0.2) is 14.8 Å². The number of esters is 1. The molecule has 2 N–H and O–H groups in total. The lowest BCUT2D eigenvalue weighted by Gasteiger charge is -1.98. The van der Waals surface area contributed by atoms with Crippen molar-refractivity contribution in [2.45, 2.75) is 6.92 Å². The Hall–Kier alpha value is -1.40. The molecule has 0 saturated carbocycles. The third-order valence-electron chi connectivity index (χ3n) is 1.87. The van der Waals surface area contributed by atoms with Crippen LogP contribution in [0.4, 0.5) is 5.69 Å². The molecule has 0 saturated heterocycles. The molecule has 0 bridgehead atoms. The molecule has 0 fully saturated rings. The first kappa shape index (κ1) is 11.1. The predicted molar refractivity (Wildman–Crippen MR) is 62.8 cm³/mol. The van der Waals surface area contributed by atoms with Gasteiger partial charge in [0.1, 0.15) is 20.4 Å². The highest BCUT2D eigenvalue weighted by Gasteiger charge is 2.19. The lowest BCUT2D eigenvalue weighted by Crippen LogP contribution is -2.04. The number of carbonyl (C=O) groups is 1. The second kappa shape index (κ2) is 4.23. The molecule has 0 aliphatic carbocycles. The van der Waals surface area contributed by atoms with E-state index in [-0.39, 0.29) is 10.8 Å². The SMILES string of the molecule is CCOC(=O)c1sc2ncc(Cl)nc2c1N. The van der Waals surface area contributed by atoms with Crippen molar-refractivity contribution in [3.8, 4) is 0 Å². The maximum Gasteiger partial charge on any atom is 0.350 e. The number of rotatable bonds is 2. The van der Waals surface area contributed by atoms with Crippen molar-refractivity contribution in [2.75, 3.05) is 12.3 Å². The number of carbonyl (C=O) groups excluding carboxylic acids is 1. The number of anilines is 1. The van der Waals surface area contributed by atoms with Crippen molar-refractivity contribution in [3.63, 3.8) is 0 Å². The Morgan fingerprint density at radius 2 is 2.44 bits per heavy atom. The maximum absolute atomic E-state index is 11.5. The van der Waals surface area contributed by atoms with Crippen LogP contribution in [-0.4, -0.2) is 22.5 Å². The lowest BCUT2D eigenvalue weighted by molar-refractivity contribution is 0.0533. The fourth-order valence-corrected chi connectivity index (χ4v) is 2.25. The van der Waals surface area contributed by atoms with Gasteiger partial charge in [-0.1, -0.05) is 11.6 Å². The van der Waals surface area contributed by atoms with Gasteiger partial charge in [-0.3, -0.25) is 0 Å². The molecule has 7 heteroatoms. The zero-order chi connectivity index (χ0) is 11.7. The predicted octanol–water partition coefficient (Wildman–Crippen LogP) is 2.10. The quantitative estimate of drug-likeness (QED) is 0.834. The fourth-order valence-electron chi connectivity index (χ4n) is 1.21. The van der Waals surface area contributed by atoms with Crippen LogP contribution in [0.1, 0.15) is 16.6 Å². The van der Waals surface area contributed by atoms with Crippen LogP contribution in [0.2, 0.25) is 5.15 Å². The molecule has 0 spiro atoms. The van der Waals surface area contributed by atoms with Crippen molar-refractivity contribution < 1.29 is 9.53 Å². The Morgan fingerprint density at radius 3 is 3.12 bits per heavy atom. The van der Waals surface area contributed by atoms with Gasteiger partial charge < -0.3 is 10.5 Å². The second-order valence-corrected chi connectivity index (χ2v) is 4.30. The van der Waals surface area contributed by atoms with E-state index in [4.69, 9.17) is 22.1 Å². The molecular formula is C9H8ClN3O2S. The van der Waals surface area contributed by atoms with E-state index >= 15 is 0 Å². The number of ether oxygens (including phenoxy) is 1. The standard InChI is InChI=1S/C9H8ClN3O2S/c1-2-15-9(14)7-5(11)6-8(16-7)12-3-4(10)13-6/h3H,2,11H2,1H3. The molecule has 2 rings (SSSR count). The van der Waals surface area contributed by atoms with Crippen LogP contribution in [0, 0.1) is 0 Å². The zero-order valence-corrected chi connectivity index (χ0v) is 9.93. The van der Waals surface area contributed by atoms with Crippen LogP contribution in [0.15, 0.2) is 6.20 Å². The lowest BCUT2D eigenvalue weighted by atomic mass is 10.3. The van der Waals surface area contributed by atoms with Gasteiger partial charge in [0.2, 0.25) is 0 Å². The summed E-state index contributed by atoms with van der Waals surface area (Å²) in [6.07, 6.45) is 1.41. The normalized spacial score (nSPS) is 10.6. The van der Waals surface area contributed by atoms with E-state index in [0.717, 1.165) is 11.3 Å². The molecule has 0 aliphatic heterocycles. The van der Waals surface area contributed by atoms with Gasteiger partial charge in [-0.15, -0.1) is 11.3 Å². The molecule has 5 nitrogen and oxygen atoms in total. The average Bonchev–Trinajstić information content (AvgIpc) is 2.57. The molecule has 16 heavy (non-hydrogen) atoms. The average molecular weight is 258 g/mol. The molecule has 2 aromatic heterocycles. The Labute approximate surface area is 100 Å². The highest BCUT2D eigenvalue weighted by atomic mass is 35.5. The minimum atomic E-state index is -0.457.